The van der Waals surface area contributed by atoms with E-state index in [-0.39, 0.29) is 29.7 Å². The summed E-state index contributed by atoms with van der Waals surface area (Å²) in [6.07, 6.45) is 0.919. The van der Waals surface area contributed by atoms with Crippen molar-refractivity contribution in [2.24, 2.45) is 5.92 Å². The summed E-state index contributed by atoms with van der Waals surface area (Å²) in [5, 5.41) is 14.0. The Kier molecular flexibility index (Phi) is 9.35. The van der Waals surface area contributed by atoms with Crippen LogP contribution in [-0.2, 0) is 26.2 Å². The van der Waals surface area contributed by atoms with Crippen LogP contribution in [0.4, 0.5) is 11.4 Å². The first-order valence-electron chi connectivity index (χ1n) is 11.1. The maximum absolute atomic E-state index is 13.5. The van der Waals surface area contributed by atoms with E-state index in [2.05, 4.69) is 5.32 Å². The smallest absolute Gasteiger partial charge is 0.271 e. The van der Waals surface area contributed by atoms with E-state index >= 15 is 0 Å². The van der Waals surface area contributed by atoms with Gasteiger partial charge in [0, 0.05) is 25.2 Å². The lowest BCUT2D eigenvalue weighted by atomic mass is 10.1. The number of rotatable bonds is 11. The number of anilines is 1. The standard InChI is InChI=1S/C24H32N4O6S/c1-17(2)14-25-24(30)19(4)26(15-20-9-6-8-18(3)12-20)23(29)16-27(35(5,33)34)21-10-7-11-22(13-21)28(31)32/h6-13,17,19H,14-16H2,1-5H3,(H,25,30)/t19-/m0/s1. The van der Waals surface area contributed by atoms with Crippen molar-refractivity contribution in [1.82, 2.24) is 10.2 Å². The van der Waals surface area contributed by atoms with E-state index in [4.69, 9.17) is 0 Å². The lowest BCUT2D eigenvalue weighted by molar-refractivity contribution is -0.384. The van der Waals surface area contributed by atoms with E-state index < -0.39 is 33.4 Å². The molecular weight excluding hydrogens is 472 g/mol. The van der Waals surface area contributed by atoms with E-state index in [9.17, 15) is 28.1 Å². The highest BCUT2D eigenvalue weighted by atomic mass is 32.2. The number of benzene rings is 2. The molecule has 0 unspecified atom stereocenters. The van der Waals surface area contributed by atoms with E-state index in [0.29, 0.717) is 6.54 Å². The van der Waals surface area contributed by atoms with Gasteiger partial charge in [0.25, 0.3) is 5.69 Å². The Morgan fingerprint density at radius 3 is 2.31 bits per heavy atom. The van der Waals surface area contributed by atoms with Crippen molar-refractivity contribution < 1.29 is 22.9 Å². The Hall–Kier alpha value is -3.47. The number of hydrogen-bond donors (Lipinski definition) is 1. The highest BCUT2D eigenvalue weighted by Gasteiger charge is 2.30. The molecule has 2 amide bonds. The minimum atomic E-state index is -3.97. The molecule has 0 radical (unpaired) electrons. The number of nitro groups is 1. The molecule has 0 saturated heterocycles. The molecule has 0 bridgehead atoms. The number of carbonyl (C=O) groups excluding carboxylic acids is 2. The molecular formula is C24H32N4O6S. The fraction of sp³-hybridized carbons (Fsp3) is 0.417. The largest absolute Gasteiger partial charge is 0.354 e. The number of aryl methyl sites for hydroxylation is 1. The second kappa shape index (κ2) is 11.8. The lowest BCUT2D eigenvalue weighted by Crippen LogP contribution is -2.51. The minimum Gasteiger partial charge on any atom is -0.354 e. The average Bonchev–Trinajstić information content (AvgIpc) is 2.78. The molecule has 2 aromatic rings. The van der Waals surface area contributed by atoms with E-state index in [1.807, 2.05) is 45.0 Å². The predicted octanol–water partition coefficient (Wildman–Crippen LogP) is 2.86. The van der Waals surface area contributed by atoms with Crippen LogP contribution in [-0.4, -0.2) is 55.4 Å². The summed E-state index contributed by atoms with van der Waals surface area (Å²) < 4.78 is 25.9. The second-order valence-corrected chi connectivity index (χ2v) is 10.8. The summed E-state index contributed by atoms with van der Waals surface area (Å²) >= 11 is 0. The molecule has 0 fully saturated rings. The molecule has 2 aromatic carbocycles. The van der Waals surface area contributed by atoms with Crippen molar-refractivity contribution >= 4 is 33.2 Å². The van der Waals surface area contributed by atoms with Gasteiger partial charge in [0.2, 0.25) is 21.8 Å². The van der Waals surface area contributed by atoms with E-state index in [0.717, 1.165) is 27.8 Å². The zero-order valence-corrected chi connectivity index (χ0v) is 21.4. The summed E-state index contributed by atoms with van der Waals surface area (Å²) in [6.45, 7) is 7.28. The zero-order chi connectivity index (χ0) is 26.3. The van der Waals surface area contributed by atoms with Gasteiger partial charge in [-0.3, -0.25) is 24.0 Å². The van der Waals surface area contributed by atoms with Gasteiger partial charge in [-0.1, -0.05) is 49.7 Å². The third-order valence-corrected chi connectivity index (χ3v) is 6.44. The quantitative estimate of drug-likeness (QED) is 0.370. The van der Waals surface area contributed by atoms with E-state index in [1.54, 1.807) is 6.92 Å². The topological polar surface area (TPSA) is 130 Å². The maximum Gasteiger partial charge on any atom is 0.271 e. The van der Waals surface area contributed by atoms with Crippen LogP contribution < -0.4 is 9.62 Å². The van der Waals surface area contributed by atoms with Gasteiger partial charge in [0.1, 0.15) is 12.6 Å². The molecule has 0 spiro atoms. The normalized spacial score (nSPS) is 12.2. The van der Waals surface area contributed by atoms with Crippen molar-refractivity contribution in [1.29, 1.82) is 0 Å². The van der Waals surface area contributed by atoms with Crippen LogP contribution in [0.2, 0.25) is 0 Å². The number of amides is 2. The lowest BCUT2D eigenvalue weighted by Gasteiger charge is -2.31. The summed E-state index contributed by atoms with van der Waals surface area (Å²) in [6, 6.07) is 11.6. The second-order valence-electron chi connectivity index (χ2n) is 8.87. The number of hydrogen-bond acceptors (Lipinski definition) is 6. The number of nitrogens with one attached hydrogen (secondary N) is 1. The molecule has 0 heterocycles. The Bertz CT molecular complexity index is 1180. The van der Waals surface area contributed by atoms with Gasteiger partial charge in [-0.15, -0.1) is 0 Å². The fourth-order valence-electron chi connectivity index (χ4n) is 3.42. The number of sulfonamides is 1. The van der Waals surface area contributed by atoms with Crippen LogP contribution in [0.3, 0.4) is 0 Å². The van der Waals surface area contributed by atoms with Crippen molar-refractivity contribution in [3.8, 4) is 0 Å². The van der Waals surface area contributed by atoms with Crippen molar-refractivity contribution in [2.45, 2.75) is 40.3 Å². The van der Waals surface area contributed by atoms with Gasteiger partial charge >= 0.3 is 0 Å². The van der Waals surface area contributed by atoms with Gasteiger partial charge in [0.05, 0.1) is 16.9 Å². The Balaban J connectivity index is 2.41. The Labute approximate surface area is 206 Å². The number of nitro benzene ring substituents is 1. The van der Waals surface area contributed by atoms with Crippen LogP contribution in [0.5, 0.6) is 0 Å². The predicted molar refractivity (Wildman–Crippen MR) is 134 cm³/mol. The number of carbonyl (C=O) groups is 2. The molecule has 2 rings (SSSR count). The zero-order valence-electron chi connectivity index (χ0n) is 20.6. The van der Waals surface area contributed by atoms with Crippen LogP contribution in [0, 0.1) is 23.0 Å². The molecule has 0 aliphatic carbocycles. The highest BCUT2D eigenvalue weighted by Crippen LogP contribution is 2.24. The Morgan fingerprint density at radius 1 is 1.09 bits per heavy atom. The molecule has 1 atom stereocenters. The van der Waals surface area contributed by atoms with Gasteiger partial charge in [-0.25, -0.2) is 8.42 Å². The van der Waals surface area contributed by atoms with Crippen LogP contribution in [0.25, 0.3) is 0 Å². The molecule has 0 aromatic heterocycles. The maximum atomic E-state index is 13.5. The number of non-ortho nitro benzene ring substituents is 1. The van der Waals surface area contributed by atoms with Crippen molar-refractivity contribution in [3.63, 3.8) is 0 Å². The Morgan fingerprint density at radius 2 is 1.74 bits per heavy atom. The summed E-state index contributed by atoms with van der Waals surface area (Å²) in [4.78, 5) is 38.1. The van der Waals surface area contributed by atoms with E-state index in [1.165, 1.54) is 23.1 Å². The first kappa shape index (κ1) is 27.8. The fourth-order valence-corrected chi connectivity index (χ4v) is 4.26. The first-order valence-corrected chi connectivity index (χ1v) is 13.0. The molecule has 190 valence electrons. The summed E-state index contributed by atoms with van der Waals surface area (Å²) in [5.74, 6) is -0.765. The summed E-state index contributed by atoms with van der Waals surface area (Å²) in [5.41, 5.74) is 1.44. The molecule has 0 saturated carbocycles. The molecule has 10 nitrogen and oxygen atoms in total. The molecule has 11 heteroatoms. The third kappa shape index (κ3) is 8.06. The highest BCUT2D eigenvalue weighted by molar-refractivity contribution is 7.92. The van der Waals surface area contributed by atoms with Gasteiger partial charge in [-0.05, 0) is 31.4 Å². The first-order chi connectivity index (χ1) is 16.3. The SMILES string of the molecule is Cc1cccc(CN(C(=O)CN(c2cccc([N+](=O)[O-])c2)S(C)(=O)=O)[C@@H](C)C(=O)NCC(C)C)c1. The van der Waals surface area contributed by atoms with Crippen molar-refractivity contribution in [3.05, 3.63) is 69.8 Å². The van der Waals surface area contributed by atoms with Crippen LogP contribution in [0.15, 0.2) is 48.5 Å². The molecule has 1 N–H and O–H groups in total. The molecule has 0 aliphatic rings. The van der Waals surface area contributed by atoms with Gasteiger partial charge in [0.15, 0.2) is 0 Å². The van der Waals surface area contributed by atoms with Gasteiger partial charge < -0.3 is 10.2 Å². The molecule has 35 heavy (non-hydrogen) atoms. The van der Waals surface area contributed by atoms with Crippen molar-refractivity contribution in [2.75, 3.05) is 23.7 Å². The third-order valence-electron chi connectivity index (χ3n) is 5.29. The van der Waals surface area contributed by atoms with Crippen LogP contribution in [0.1, 0.15) is 31.9 Å². The average molecular weight is 505 g/mol. The minimum absolute atomic E-state index is 0.0116. The summed E-state index contributed by atoms with van der Waals surface area (Å²) in [7, 11) is -3.97. The number of nitrogens with zero attached hydrogens (tertiary/aromatic N) is 3. The van der Waals surface area contributed by atoms with Gasteiger partial charge in [-0.2, -0.15) is 0 Å². The van der Waals surface area contributed by atoms with Crippen LogP contribution >= 0.6 is 0 Å². The molecule has 0 aliphatic heterocycles. The monoisotopic (exact) mass is 504 g/mol.